The van der Waals surface area contributed by atoms with Crippen LogP contribution in [-0.2, 0) is 0 Å². The van der Waals surface area contributed by atoms with Crippen molar-refractivity contribution in [2.75, 3.05) is 0 Å². The van der Waals surface area contributed by atoms with E-state index >= 15 is 0 Å². The standard InChI is InChI=1S/C42H29N3SSi/c1-47(2)36-25-28(45-34-19-11-9-17-29(34)31-23-24-32-30-18-10-12-20-35(30)46-40(32)39(31)45)21-22-33(36)38-41(47)37(26-13-5-3-6-14-26)43-42(44-38)27-15-7-4-8-16-27/h3-25H,1-2H3. The minimum absolute atomic E-state index is 0.777. The monoisotopic (exact) mass is 635 g/mol. The van der Waals surface area contributed by atoms with Gasteiger partial charge in [-0.1, -0.05) is 128 Å². The zero-order valence-corrected chi connectivity index (χ0v) is 27.8. The number of nitrogens with zero attached hydrogens (tertiary/aromatic N) is 3. The SMILES string of the molecule is C[Si]1(C)c2cc(-n3c4ccccc4c4ccc5c6ccccc6sc5c43)ccc2-c2nc(-c3ccccc3)nc(-c3ccccc3)c21. The molecule has 0 bridgehead atoms. The number of rotatable bonds is 3. The third kappa shape index (κ3) is 3.78. The van der Waals surface area contributed by atoms with E-state index < -0.39 is 8.07 Å². The van der Waals surface area contributed by atoms with Crippen LogP contribution in [0, 0.1) is 0 Å². The van der Waals surface area contributed by atoms with Crippen LogP contribution in [0.4, 0.5) is 0 Å². The van der Waals surface area contributed by atoms with Gasteiger partial charge in [-0.15, -0.1) is 11.3 Å². The van der Waals surface area contributed by atoms with Crippen LogP contribution in [-0.4, -0.2) is 22.6 Å². The molecule has 3 nitrogen and oxygen atoms in total. The number of aromatic nitrogens is 3. The van der Waals surface area contributed by atoms with Gasteiger partial charge in [-0.3, -0.25) is 0 Å². The molecule has 3 aromatic heterocycles. The molecule has 1 aliphatic rings. The van der Waals surface area contributed by atoms with Crippen molar-refractivity contribution in [2.24, 2.45) is 0 Å². The summed E-state index contributed by atoms with van der Waals surface area (Å²) in [7, 11) is -2.23. The second kappa shape index (κ2) is 9.82. The van der Waals surface area contributed by atoms with Gasteiger partial charge in [-0.2, -0.15) is 0 Å². The predicted octanol–water partition coefficient (Wildman–Crippen LogP) is 10.1. The van der Waals surface area contributed by atoms with Gasteiger partial charge in [0.05, 0.1) is 27.1 Å². The lowest BCUT2D eigenvalue weighted by atomic mass is 10.1. The van der Waals surface area contributed by atoms with E-state index in [-0.39, 0.29) is 0 Å². The smallest absolute Gasteiger partial charge is 0.160 e. The van der Waals surface area contributed by atoms with Crippen molar-refractivity contribution >= 4 is 71.8 Å². The summed E-state index contributed by atoms with van der Waals surface area (Å²) >= 11 is 1.90. The number of hydrogen-bond acceptors (Lipinski definition) is 3. The average molecular weight is 636 g/mol. The minimum atomic E-state index is -2.23. The number of para-hydroxylation sites is 1. The van der Waals surface area contributed by atoms with Gasteiger partial charge in [0.25, 0.3) is 0 Å². The first kappa shape index (κ1) is 26.8. The summed E-state index contributed by atoms with van der Waals surface area (Å²) in [6.45, 7) is 4.94. The fourth-order valence-corrected chi connectivity index (χ4v) is 12.3. The van der Waals surface area contributed by atoms with E-state index in [2.05, 4.69) is 151 Å². The van der Waals surface area contributed by atoms with Gasteiger partial charge >= 0.3 is 0 Å². The summed E-state index contributed by atoms with van der Waals surface area (Å²) in [6, 6.07) is 50.4. The fourth-order valence-electron chi connectivity index (χ4n) is 7.80. The van der Waals surface area contributed by atoms with E-state index in [1.165, 1.54) is 63.6 Å². The number of thiophene rings is 1. The zero-order valence-electron chi connectivity index (χ0n) is 26.0. The maximum atomic E-state index is 5.32. The quantitative estimate of drug-likeness (QED) is 0.181. The van der Waals surface area contributed by atoms with Crippen LogP contribution in [0.3, 0.4) is 0 Å². The van der Waals surface area contributed by atoms with Crippen molar-refractivity contribution in [1.82, 2.24) is 14.5 Å². The highest BCUT2D eigenvalue weighted by Crippen LogP contribution is 2.43. The summed E-state index contributed by atoms with van der Waals surface area (Å²) in [5, 5.41) is 7.96. The lowest BCUT2D eigenvalue weighted by Gasteiger charge is -2.22. The van der Waals surface area contributed by atoms with Gasteiger partial charge in [0, 0.05) is 43.1 Å². The van der Waals surface area contributed by atoms with E-state index in [1.807, 2.05) is 17.4 Å². The Labute approximate surface area is 277 Å². The molecule has 0 aliphatic carbocycles. The van der Waals surface area contributed by atoms with Crippen LogP contribution in [0.2, 0.25) is 13.1 Å². The molecule has 47 heavy (non-hydrogen) atoms. The molecule has 0 saturated heterocycles. The Morgan fingerprint density at radius 3 is 2.04 bits per heavy atom. The van der Waals surface area contributed by atoms with Crippen LogP contribution >= 0.6 is 11.3 Å². The van der Waals surface area contributed by atoms with Crippen molar-refractivity contribution < 1.29 is 0 Å². The summed E-state index contributed by atoms with van der Waals surface area (Å²) in [5.41, 5.74) is 9.30. The first-order chi connectivity index (χ1) is 23.1. The van der Waals surface area contributed by atoms with Crippen molar-refractivity contribution in [1.29, 1.82) is 0 Å². The molecular formula is C42H29N3SSi. The Morgan fingerprint density at radius 2 is 1.23 bits per heavy atom. The number of fused-ring (bicyclic) bond motifs is 10. The fraction of sp³-hybridized carbons (Fsp3) is 0.0476. The van der Waals surface area contributed by atoms with E-state index in [0.29, 0.717) is 0 Å². The molecule has 222 valence electrons. The molecule has 0 saturated carbocycles. The molecular weight excluding hydrogens is 607 g/mol. The highest BCUT2D eigenvalue weighted by atomic mass is 32.1. The molecule has 9 aromatic rings. The number of benzene rings is 6. The maximum Gasteiger partial charge on any atom is 0.160 e. The van der Waals surface area contributed by atoms with Crippen molar-refractivity contribution in [3.63, 3.8) is 0 Å². The Kier molecular flexibility index (Phi) is 5.60. The van der Waals surface area contributed by atoms with Crippen LogP contribution in [0.1, 0.15) is 0 Å². The lowest BCUT2D eigenvalue weighted by Crippen LogP contribution is -2.50. The maximum absolute atomic E-state index is 5.32. The second-order valence-electron chi connectivity index (χ2n) is 13.0. The van der Waals surface area contributed by atoms with Crippen LogP contribution in [0.5, 0.6) is 0 Å². The van der Waals surface area contributed by atoms with Crippen molar-refractivity contribution in [3.05, 3.63) is 140 Å². The summed E-state index contributed by atoms with van der Waals surface area (Å²) < 4.78 is 5.17. The molecule has 0 N–H and O–H groups in total. The van der Waals surface area contributed by atoms with Crippen LogP contribution in [0.25, 0.3) is 81.6 Å². The molecule has 4 heterocycles. The summed E-state index contributed by atoms with van der Waals surface area (Å²) in [6.07, 6.45) is 0. The van der Waals surface area contributed by atoms with Gasteiger partial charge < -0.3 is 4.57 Å². The molecule has 5 heteroatoms. The molecule has 0 radical (unpaired) electrons. The minimum Gasteiger partial charge on any atom is -0.308 e. The third-order valence-electron chi connectivity index (χ3n) is 9.98. The molecule has 10 rings (SSSR count). The molecule has 6 aromatic carbocycles. The first-order valence-electron chi connectivity index (χ1n) is 16.1. The third-order valence-corrected chi connectivity index (χ3v) is 14.7. The molecule has 0 atom stereocenters. The summed E-state index contributed by atoms with van der Waals surface area (Å²) in [5.74, 6) is 0.777. The Morgan fingerprint density at radius 1 is 0.574 bits per heavy atom. The van der Waals surface area contributed by atoms with Crippen LogP contribution < -0.4 is 10.4 Å². The van der Waals surface area contributed by atoms with Gasteiger partial charge in [-0.25, -0.2) is 9.97 Å². The molecule has 1 aliphatic heterocycles. The normalized spacial score (nSPS) is 13.5. The van der Waals surface area contributed by atoms with Gasteiger partial charge in [0.1, 0.15) is 8.07 Å². The van der Waals surface area contributed by atoms with Crippen molar-refractivity contribution in [3.8, 4) is 39.6 Å². The van der Waals surface area contributed by atoms with E-state index in [9.17, 15) is 0 Å². The average Bonchev–Trinajstić information content (AvgIpc) is 3.74. The number of hydrogen-bond donors (Lipinski definition) is 0. The second-order valence-corrected chi connectivity index (χ2v) is 18.3. The Balaban J connectivity index is 1.26. The molecule has 0 amide bonds. The van der Waals surface area contributed by atoms with E-state index in [0.717, 1.165) is 28.3 Å². The van der Waals surface area contributed by atoms with Crippen LogP contribution in [0.15, 0.2) is 140 Å². The van der Waals surface area contributed by atoms with Gasteiger partial charge in [0.15, 0.2) is 5.82 Å². The first-order valence-corrected chi connectivity index (χ1v) is 19.9. The van der Waals surface area contributed by atoms with Crippen molar-refractivity contribution in [2.45, 2.75) is 13.1 Å². The predicted molar refractivity (Wildman–Crippen MR) is 202 cm³/mol. The zero-order chi connectivity index (χ0) is 31.3. The molecule has 0 fully saturated rings. The highest BCUT2D eigenvalue weighted by molar-refractivity contribution is 7.26. The van der Waals surface area contributed by atoms with E-state index in [4.69, 9.17) is 9.97 Å². The van der Waals surface area contributed by atoms with Gasteiger partial charge in [-0.05, 0) is 40.2 Å². The largest absolute Gasteiger partial charge is 0.308 e. The lowest BCUT2D eigenvalue weighted by molar-refractivity contribution is 1.19. The van der Waals surface area contributed by atoms with E-state index in [1.54, 1.807) is 0 Å². The molecule has 0 unspecified atom stereocenters. The Bertz CT molecular complexity index is 2710. The summed E-state index contributed by atoms with van der Waals surface area (Å²) in [4.78, 5) is 10.6. The molecule has 0 spiro atoms. The highest BCUT2D eigenvalue weighted by Gasteiger charge is 2.42. The Hall–Kier alpha value is -5.36. The van der Waals surface area contributed by atoms with Gasteiger partial charge in [0.2, 0.25) is 0 Å². The topological polar surface area (TPSA) is 30.7 Å².